The first-order valence-electron chi connectivity index (χ1n) is 3.98. The van der Waals surface area contributed by atoms with Crippen LogP contribution in [-0.4, -0.2) is 43.8 Å². The van der Waals surface area contributed by atoms with Crippen LogP contribution in [-0.2, 0) is 14.3 Å². The van der Waals surface area contributed by atoms with Gasteiger partial charge in [0, 0.05) is 18.6 Å². The van der Waals surface area contributed by atoms with Gasteiger partial charge in [-0.1, -0.05) is 0 Å². The van der Waals surface area contributed by atoms with Crippen LogP contribution >= 0.6 is 11.8 Å². The van der Waals surface area contributed by atoms with Gasteiger partial charge in [0.15, 0.2) is 0 Å². The second-order valence-corrected chi connectivity index (χ2v) is 4.06. The Kier molecular flexibility index (Phi) is 6.11. The van der Waals surface area contributed by atoms with Gasteiger partial charge in [-0.2, -0.15) is 11.8 Å². The Balaban J connectivity index is 3.69. The van der Waals surface area contributed by atoms with Gasteiger partial charge < -0.3 is 15.2 Å². The minimum Gasteiger partial charge on any atom is -0.468 e. The van der Waals surface area contributed by atoms with Crippen molar-refractivity contribution in [1.29, 1.82) is 0 Å². The summed E-state index contributed by atoms with van der Waals surface area (Å²) in [6.45, 7) is 2.33. The molecule has 0 radical (unpaired) electrons. The molecule has 2 N–H and O–H groups in total. The second-order valence-electron chi connectivity index (χ2n) is 2.95. The third-order valence-electron chi connectivity index (χ3n) is 1.49. The lowest BCUT2D eigenvalue weighted by Gasteiger charge is -2.20. The van der Waals surface area contributed by atoms with E-state index in [2.05, 4.69) is 4.74 Å². The molecule has 0 spiro atoms. The van der Waals surface area contributed by atoms with Crippen molar-refractivity contribution < 1.29 is 14.3 Å². The molecule has 0 amide bonds. The van der Waals surface area contributed by atoms with Crippen LogP contribution in [0.15, 0.2) is 0 Å². The molecule has 0 aliphatic heterocycles. The van der Waals surface area contributed by atoms with Crippen LogP contribution in [0, 0.1) is 0 Å². The van der Waals surface area contributed by atoms with Gasteiger partial charge in [0.2, 0.25) is 0 Å². The van der Waals surface area contributed by atoms with Crippen LogP contribution in [0.1, 0.15) is 6.92 Å². The normalized spacial score (nSPS) is 15.1. The fourth-order valence-electron chi connectivity index (χ4n) is 0.719. The third kappa shape index (κ3) is 5.13. The van der Waals surface area contributed by atoms with E-state index in [0.717, 1.165) is 5.75 Å². The minimum absolute atomic E-state index is 0.377. The quantitative estimate of drug-likeness (QED) is 0.500. The number of carbonyl (C=O) groups excluding carboxylic acids is 1. The van der Waals surface area contributed by atoms with Gasteiger partial charge in [-0.15, -0.1) is 0 Å². The largest absolute Gasteiger partial charge is 0.468 e. The lowest BCUT2D eigenvalue weighted by molar-refractivity contribution is -0.145. The first kappa shape index (κ1) is 12.7. The van der Waals surface area contributed by atoms with Gasteiger partial charge in [-0.3, -0.25) is 4.79 Å². The summed E-state index contributed by atoms with van der Waals surface area (Å²) in [5.41, 5.74) is 4.82. The van der Waals surface area contributed by atoms with E-state index in [4.69, 9.17) is 10.5 Å². The van der Waals surface area contributed by atoms with Gasteiger partial charge in [-0.05, 0) is 6.92 Å². The number of nitrogens with two attached hydrogens (primary N) is 1. The predicted octanol–water partition coefficient (Wildman–Crippen LogP) is 0.256. The number of ether oxygens (including phenoxy) is 2. The van der Waals surface area contributed by atoms with Gasteiger partial charge in [-0.25, -0.2) is 0 Å². The lowest BCUT2D eigenvalue weighted by Crippen LogP contribution is -2.48. The van der Waals surface area contributed by atoms with Crippen molar-refractivity contribution in [3.63, 3.8) is 0 Å². The van der Waals surface area contributed by atoms with E-state index in [9.17, 15) is 4.79 Å². The van der Waals surface area contributed by atoms with Gasteiger partial charge in [0.25, 0.3) is 0 Å². The van der Waals surface area contributed by atoms with Crippen molar-refractivity contribution in [2.24, 2.45) is 5.73 Å². The molecular formula is C8H17NO3S. The third-order valence-corrected chi connectivity index (χ3v) is 2.74. The zero-order valence-corrected chi connectivity index (χ0v) is 9.15. The Labute approximate surface area is 83.1 Å². The zero-order valence-electron chi connectivity index (χ0n) is 8.33. The fourth-order valence-corrected chi connectivity index (χ4v) is 1.69. The summed E-state index contributed by atoms with van der Waals surface area (Å²) in [7, 11) is 2.98. The molecule has 0 bridgehead atoms. The van der Waals surface area contributed by atoms with E-state index >= 15 is 0 Å². The highest BCUT2D eigenvalue weighted by Crippen LogP contribution is 2.11. The van der Waals surface area contributed by atoms with E-state index in [0.29, 0.717) is 12.4 Å². The highest BCUT2D eigenvalue weighted by Gasteiger charge is 2.28. The maximum atomic E-state index is 11.1. The number of thioether (sulfide) groups is 1. The van der Waals surface area contributed by atoms with Crippen molar-refractivity contribution in [3.05, 3.63) is 0 Å². The summed E-state index contributed by atoms with van der Waals surface area (Å²) < 4.78 is 9.43. The van der Waals surface area contributed by atoms with Crippen LogP contribution in [0.3, 0.4) is 0 Å². The Bertz CT molecular complexity index is 161. The smallest absolute Gasteiger partial charge is 0.326 e. The Morgan fingerprint density at radius 3 is 2.62 bits per heavy atom. The molecule has 78 valence electrons. The van der Waals surface area contributed by atoms with Crippen molar-refractivity contribution in [3.8, 4) is 0 Å². The summed E-state index contributed by atoms with van der Waals surface area (Å²) in [6.07, 6.45) is 0. The van der Waals surface area contributed by atoms with Gasteiger partial charge >= 0.3 is 5.97 Å². The number of esters is 1. The maximum absolute atomic E-state index is 11.1. The Morgan fingerprint density at radius 2 is 2.15 bits per heavy atom. The summed E-state index contributed by atoms with van der Waals surface area (Å²) in [5, 5.41) is 0. The summed E-state index contributed by atoms with van der Waals surface area (Å²) in [4.78, 5) is 11.1. The van der Waals surface area contributed by atoms with Crippen LogP contribution in [0.25, 0.3) is 0 Å². The van der Waals surface area contributed by atoms with Crippen molar-refractivity contribution in [2.75, 3.05) is 32.3 Å². The van der Waals surface area contributed by atoms with Crippen LogP contribution in [0.2, 0.25) is 0 Å². The molecule has 0 saturated heterocycles. The van der Waals surface area contributed by atoms with Gasteiger partial charge in [0.1, 0.15) is 5.54 Å². The number of rotatable bonds is 6. The Morgan fingerprint density at radius 1 is 1.54 bits per heavy atom. The molecule has 1 unspecified atom stereocenters. The van der Waals surface area contributed by atoms with E-state index in [1.165, 1.54) is 7.11 Å². The fraction of sp³-hybridized carbons (Fsp3) is 0.875. The molecular weight excluding hydrogens is 190 g/mol. The molecule has 0 heterocycles. The van der Waals surface area contributed by atoms with Gasteiger partial charge in [0.05, 0.1) is 13.7 Å². The molecule has 0 aromatic heterocycles. The lowest BCUT2D eigenvalue weighted by atomic mass is 10.1. The number of hydrogen-bond donors (Lipinski definition) is 1. The zero-order chi connectivity index (χ0) is 10.3. The molecule has 0 aromatic carbocycles. The average molecular weight is 207 g/mol. The molecule has 0 rings (SSSR count). The van der Waals surface area contributed by atoms with E-state index in [-0.39, 0.29) is 5.97 Å². The molecule has 0 saturated carbocycles. The number of hydrogen-bond acceptors (Lipinski definition) is 5. The summed E-state index contributed by atoms with van der Waals surface area (Å²) in [5.74, 6) is 1.00. The van der Waals surface area contributed by atoms with Crippen LogP contribution in [0.5, 0.6) is 0 Å². The molecule has 0 aromatic rings. The van der Waals surface area contributed by atoms with Crippen molar-refractivity contribution in [1.82, 2.24) is 0 Å². The number of carbonyl (C=O) groups is 1. The molecule has 0 fully saturated rings. The highest BCUT2D eigenvalue weighted by atomic mass is 32.2. The standard InChI is InChI=1S/C8H17NO3S/c1-8(9,7(10)12-3)6-13-5-4-11-2/h4-6,9H2,1-3H3. The molecule has 4 nitrogen and oxygen atoms in total. The van der Waals surface area contributed by atoms with Crippen LogP contribution in [0.4, 0.5) is 0 Å². The molecule has 13 heavy (non-hydrogen) atoms. The summed E-state index contributed by atoms with van der Waals surface area (Å²) >= 11 is 1.58. The minimum atomic E-state index is -0.896. The topological polar surface area (TPSA) is 61.5 Å². The molecule has 0 aliphatic carbocycles. The van der Waals surface area contributed by atoms with E-state index in [1.807, 2.05) is 0 Å². The highest BCUT2D eigenvalue weighted by molar-refractivity contribution is 7.99. The molecule has 1 atom stereocenters. The predicted molar refractivity (Wildman–Crippen MR) is 53.8 cm³/mol. The molecule has 0 aliphatic rings. The van der Waals surface area contributed by atoms with E-state index < -0.39 is 5.54 Å². The molecule has 5 heteroatoms. The summed E-state index contributed by atoms with van der Waals surface area (Å²) in [6, 6.07) is 0. The first-order valence-corrected chi connectivity index (χ1v) is 5.14. The average Bonchev–Trinajstić information content (AvgIpc) is 2.11. The van der Waals surface area contributed by atoms with E-state index in [1.54, 1.807) is 25.8 Å². The SMILES string of the molecule is COCCSCC(C)(N)C(=O)OC. The van der Waals surface area contributed by atoms with Crippen molar-refractivity contribution >= 4 is 17.7 Å². The maximum Gasteiger partial charge on any atom is 0.326 e. The van der Waals surface area contributed by atoms with Crippen molar-refractivity contribution in [2.45, 2.75) is 12.5 Å². The first-order chi connectivity index (χ1) is 6.04. The number of methoxy groups -OCH3 is 2. The monoisotopic (exact) mass is 207 g/mol. The Hall–Kier alpha value is -0.260. The second kappa shape index (κ2) is 6.23. The van der Waals surface area contributed by atoms with Crippen LogP contribution < -0.4 is 5.73 Å².